The van der Waals surface area contributed by atoms with Gasteiger partial charge in [-0.15, -0.1) is 0 Å². The fourth-order valence-electron chi connectivity index (χ4n) is 2.38. The fraction of sp³-hybridized carbons (Fsp3) is 0.562. The van der Waals surface area contributed by atoms with Crippen LogP contribution in [0.15, 0.2) is 28.7 Å². The van der Waals surface area contributed by atoms with Crippen molar-refractivity contribution < 1.29 is 4.79 Å². The highest BCUT2D eigenvalue weighted by molar-refractivity contribution is 9.10. The first-order valence-electron chi connectivity index (χ1n) is 7.09. The molecule has 104 valence electrons. The van der Waals surface area contributed by atoms with Gasteiger partial charge < -0.3 is 0 Å². The van der Waals surface area contributed by atoms with E-state index in [1.54, 1.807) is 0 Å². The highest BCUT2D eigenvalue weighted by atomic mass is 79.9. The van der Waals surface area contributed by atoms with Gasteiger partial charge in [0.05, 0.1) is 0 Å². The third-order valence-electron chi connectivity index (χ3n) is 3.44. The number of rotatable bonds is 7. The Bertz CT molecular complexity index is 440. The molecule has 1 aliphatic carbocycles. The van der Waals surface area contributed by atoms with Gasteiger partial charge in [-0.1, -0.05) is 41.9 Å². The maximum absolute atomic E-state index is 12.2. The van der Waals surface area contributed by atoms with Crippen LogP contribution >= 0.6 is 15.9 Å². The third-order valence-corrected chi connectivity index (χ3v) is 3.93. The van der Waals surface area contributed by atoms with Crippen LogP contribution in [0.1, 0.15) is 43.5 Å². The summed E-state index contributed by atoms with van der Waals surface area (Å²) in [6.45, 7) is 6.49. The van der Waals surface area contributed by atoms with Crippen LogP contribution in [0.2, 0.25) is 0 Å². The first kappa shape index (κ1) is 14.7. The molecule has 19 heavy (non-hydrogen) atoms. The van der Waals surface area contributed by atoms with Crippen molar-refractivity contribution in [2.45, 2.75) is 39.2 Å². The van der Waals surface area contributed by atoms with Crippen LogP contribution in [0, 0.1) is 5.92 Å². The SMILES string of the molecule is CC(C)CN(CCC(=O)c1cccc(Br)c1)C1CC1. The van der Waals surface area contributed by atoms with E-state index in [0.29, 0.717) is 12.3 Å². The maximum Gasteiger partial charge on any atom is 0.164 e. The zero-order valence-electron chi connectivity index (χ0n) is 11.7. The van der Waals surface area contributed by atoms with Crippen LogP contribution in [0.3, 0.4) is 0 Å². The van der Waals surface area contributed by atoms with Gasteiger partial charge in [-0.05, 0) is 30.9 Å². The third kappa shape index (κ3) is 4.73. The van der Waals surface area contributed by atoms with Crippen molar-refractivity contribution in [2.24, 2.45) is 5.92 Å². The summed E-state index contributed by atoms with van der Waals surface area (Å²) in [4.78, 5) is 14.7. The summed E-state index contributed by atoms with van der Waals surface area (Å²) in [5.41, 5.74) is 0.815. The Balaban J connectivity index is 1.88. The second-order valence-electron chi connectivity index (χ2n) is 5.80. The molecule has 0 saturated heterocycles. The van der Waals surface area contributed by atoms with Crippen molar-refractivity contribution in [1.29, 1.82) is 0 Å². The van der Waals surface area contributed by atoms with E-state index < -0.39 is 0 Å². The largest absolute Gasteiger partial charge is 0.300 e. The standard InChI is InChI=1S/C16H22BrNO/c1-12(2)11-18(15-6-7-15)9-8-16(19)13-4-3-5-14(17)10-13/h3-5,10,12,15H,6-9,11H2,1-2H3. The minimum Gasteiger partial charge on any atom is -0.300 e. The van der Waals surface area contributed by atoms with Crippen LogP contribution in [0.4, 0.5) is 0 Å². The second-order valence-corrected chi connectivity index (χ2v) is 6.72. The summed E-state index contributed by atoms with van der Waals surface area (Å²) in [5, 5.41) is 0. The number of carbonyl (C=O) groups is 1. The molecule has 0 N–H and O–H groups in total. The Labute approximate surface area is 124 Å². The maximum atomic E-state index is 12.2. The molecule has 0 bridgehead atoms. The lowest BCUT2D eigenvalue weighted by atomic mass is 10.1. The van der Waals surface area contributed by atoms with Crippen LogP contribution in [-0.2, 0) is 0 Å². The Morgan fingerprint density at radius 3 is 2.74 bits per heavy atom. The topological polar surface area (TPSA) is 20.3 Å². The number of hydrogen-bond acceptors (Lipinski definition) is 2. The normalized spacial score (nSPS) is 15.2. The van der Waals surface area contributed by atoms with Crippen molar-refractivity contribution >= 4 is 21.7 Å². The highest BCUT2D eigenvalue weighted by Crippen LogP contribution is 2.27. The average Bonchev–Trinajstić information content (AvgIpc) is 3.17. The number of benzene rings is 1. The lowest BCUT2D eigenvalue weighted by Crippen LogP contribution is -2.32. The number of hydrogen-bond donors (Lipinski definition) is 0. The van der Waals surface area contributed by atoms with Crippen LogP contribution in [0.25, 0.3) is 0 Å². The second kappa shape index (κ2) is 6.67. The van der Waals surface area contributed by atoms with E-state index in [1.807, 2.05) is 24.3 Å². The van der Waals surface area contributed by atoms with Gasteiger partial charge in [0.25, 0.3) is 0 Å². The smallest absolute Gasteiger partial charge is 0.164 e. The number of halogens is 1. The number of Topliss-reactive ketones (excluding diaryl/α,β-unsaturated/α-hetero) is 1. The molecular formula is C16H22BrNO. The monoisotopic (exact) mass is 323 g/mol. The van der Waals surface area contributed by atoms with Crippen LogP contribution in [-0.4, -0.2) is 29.8 Å². The summed E-state index contributed by atoms with van der Waals surface area (Å²) in [5.74, 6) is 0.914. The van der Waals surface area contributed by atoms with Crippen molar-refractivity contribution in [3.05, 3.63) is 34.3 Å². The summed E-state index contributed by atoms with van der Waals surface area (Å²) in [6.07, 6.45) is 3.23. The van der Waals surface area contributed by atoms with E-state index in [1.165, 1.54) is 12.8 Å². The summed E-state index contributed by atoms with van der Waals surface area (Å²) >= 11 is 3.41. The lowest BCUT2D eigenvalue weighted by Gasteiger charge is -2.23. The molecule has 0 unspecified atom stereocenters. The highest BCUT2D eigenvalue weighted by Gasteiger charge is 2.29. The number of carbonyl (C=O) groups excluding carboxylic acids is 1. The molecule has 0 spiro atoms. The predicted octanol–water partition coefficient (Wildman–Crippen LogP) is 4.14. The van der Waals surface area contributed by atoms with Gasteiger partial charge in [-0.2, -0.15) is 0 Å². The number of ketones is 1. The van der Waals surface area contributed by atoms with E-state index >= 15 is 0 Å². The fourth-order valence-corrected chi connectivity index (χ4v) is 2.78. The van der Waals surface area contributed by atoms with Gasteiger partial charge in [0.2, 0.25) is 0 Å². The molecule has 1 aromatic rings. The molecule has 1 saturated carbocycles. The Hall–Kier alpha value is -0.670. The van der Waals surface area contributed by atoms with Gasteiger partial charge in [-0.3, -0.25) is 9.69 Å². The molecule has 1 fully saturated rings. The van der Waals surface area contributed by atoms with E-state index in [-0.39, 0.29) is 5.78 Å². The van der Waals surface area contributed by atoms with Crippen molar-refractivity contribution in [2.75, 3.05) is 13.1 Å². The van der Waals surface area contributed by atoms with Gasteiger partial charge >= 0.3 is 0 Å². The molecule has 1 aliphatic rings. The van der Waals surface area contributed by atoms with Gasteiger partial charge in [0, 0.05) is 35.6 Å². The lowest BCUT2D eigenvalue weighted by molar-refractivity contribution is 0.0958. The van der Waals surface area contributed by atoms with Gasteiger partial charge in [0.1, 0.15) is 0 Å². The molecule has 0 atom stereocenters. The van der Waals surface area contributed by atoms with Crippen molar-refractivity contribution in [1.82, 2.24) is 4.90 Å². The predicted molar refractivity (Wildman–Crippen MR) is 82.5 cm³/mol. The van der Waals surface area contributed by atoms with Gasteiger partial charge in [-0.25, -0.2) is 0 Å². The van der Waals surface area contributed by atoms with E-state index in [0.717, 1.165) is 29.2 Å². The van der Waals surface area contributed by atoms with Gasteiger partial charge in [0.15, 0.2) is 5.78 Å². The Morgan fingerprint density at radius 1 is 1.42 bits per heavy atom. The summed E-state index contributed by atoms with van der Waals surface area (Å²) in [7, 11) is 0. The molecule has 0 aromatic heterocycles. The molecule has 0 heterocycles. The van der Waals surface area contributed by atoms with Crippen LogP contribution < -0.4 is 0 Å². The summed E-state index contributed by atoms with van der Waals surface area (Å²) < 4.78 is 0.972. The molecule has 1 aromatic carbocycles. The molecule has 0 radical (unpaired) electrons. The van der Waals surface area contributed by atoms with E-state index in [4.69, 9.17) is 0 Å². The molecule has 3 heteroatoms. The quantitative estimate of drug-likeness (QED) is 0.703. The van der Waals surface area contributed by atoms with E-state index in [9.17, 15) is 4.79 Å². The number of nitrogens with zero attached hydrogens (tertiary/aromatic N) is 1. The Kier molecular flexibility index (Phi) is 5.17. The minimum absolute atomic E-state index is 0.246. The molecule has 2 nitrogen and oxygen atoms in total. The molecule has 0 amide bonds. The summed E-state index contributed by atoms with van der Waals surface area (Å²) in [6, 6.07) is 8.41. The van der Waals surface area contributed by atoms with Crippen molar-refractivity contribution in [3.8, 4) is 0 Å². The zero-order chi connectivity index (χ0) is 13.8. The first-order chi connectivity index (χ1) is 9.06. The molecule has 2 rings (SSSR count). The zero-order valence-corrected chi connectivity index (χ0v) is 13.3. The van der Waals surface area contributed by atoms with E-state index in [2.05, 4.69) is 34.7 Å². The first-order valence-corrected chi connectivity index (χ1v) is 7.88. The van der Waals surface area contributed by atoms with Crippen molar-refractivity contribution in [3.63, 3.8) is 0 Å². The molecular weight excluding hydrogens is 302 g/mol. The molecule has 0 aliphatic heterocycles. The minimum atomic E-state index is 0.246. The average molecular weight is 324 g/mol. The van der Waals surface area contributed by atoms with Crippen LogP contribution in [0.5, 0.6) is 0 Å². The Morgan fingerprint density at radius 2 is 2.16 bits per heavy atom.